The van der Waals surface area contributed by atoms with Crippen LogP contribution in [-0.2, 0) is 0 Å². The van der Waals surface area contributed by atoms with E-state index in [-0.39, 0.29) is 0 Å². The van der Waals surface area contributed by atoms with E-state index in [0.717, 1.165) is 21.3 Å². The van der Waals surface area contributed by atoms with Gasteiger partial charge in [-0.05, 0) is 56.7 Å². The SMILES string of the molecule is CC(C)c1nc(Br)c2cc(I)ccc2n1. The molecule has 2 aromatic rings. The Balaban J connectivity index is 2.73. The zero-order valence-corrected chi connectivity index (χ0v) is 12.2. The largest absolute Gasteiger partial charge is 0.233 e. The van der Waals surface area contributed by atoms with Gasteiger partial charge in [0.15, 0.2) is 0 Å². The van der Waals surface area contributed by atoms with Crippen LogP contribution in [0.3, 0.4) is 0 Å². The first-order chi connectivity index (χ1) is 7.08. The number of nitrogens with zero attached hydrogens (tertiary/aromatic N) is 2. The fourth-order valence-corrected chi connectivity index (χ4v) is 2.33. The second kappa shape index (κ2) is 4.33. The molecule has 0 N–H and O–H groups in total. The highest BCUT2D eigenvalue weighted by molar-refractivity contribution is 14.1. The van der Waals surface area contributed by atoms with Gasteiger partial charge in [-0.2, -0.15) is 0 Å². The Morgan fingerprint density at radius 3 is 2.67 bits per heavy atom. The van der Waals surface area contributed by atoms with Crippen LogP contribution >= 0.6 is 38.5 Å². The highest BCUT2D eigenvalue weighted by Crippen LogP contribution is 2.24. The van der Waals surface area contributed by atoms with E-state index in [1.807, 2.05) is 6.07 Å². The van der Waals surface area contributed by atoms with Gasteiger partial charge in [0.2, 0.25) is 0 Å². The Morgan fingerprint density at radius 2 is 2.00 bits per heavy atom. The van der Waals surface area contributed by atoms with Gasteiger partial charge < -0.3 is 0 Å². The Morgan fingerprint density at radius 1 is 1.27 bits per heavy atom. The van der Waals surface area contributed by atoms with Crippen molar-refractivity contribution < 1.29 is 0 Å². The molecule has 0 atom stereocenters. The van der Waals surface area contributed by atoms with Gasteiger partial charge in [0, 0.05) is 14.9 Å². The van der Waals surface area contributed by atoms with Crippen LogP contribution < -0.4 is 0 Å². The lowest BCUT2D eigenvalue weighted by atomic mass is 10.2. The summed E-state index contributed by atoms with van der Waals surface area (Å²) in [6, 6.07) is 6.19. The topological polar surface area (TPSA) is 25.8 Å². The number of halogens is 2. The number of benzene rings is 1. The highest BCUT2D eigenvalue weighted by atomic mass is 127. The molecule has 0 aliphatic rings. The predicted molar refractivity (Wildman–Crippen MR) is 74.0 cm³/mol. The van der Waals surface area contributed by atoms with Crippen molar-refractivity contribution in [1.29, 1.82) is 0 Å². The first-order valence-corrected chi connectivity index (χ1v) is 6.58. The average Bonchev–Trinajstić information content (AvgIpc) is 2.18. The fraction of sp³-hybridized carbons (Fsp3) is 0.273. The van der Waals surface area contributed by atoms with Crippen molar-refractivity contribution in [3.05, 3.63) is 32.2 Å². The quantitative estimate of drug-likeness (QED) is 0.552. The van der Waals surface area contributed by atoms with Crippen molar-refractivity contribution in [2.24, 2.45) is 0 Å². The van der Waals surface area contributed by atoms with E-state index in [2.05, 4.69) is 74.5 Å². The van der Waals surface area contributed by atoms with E-state index in [9.17, 15) is 0 Å². The maximum absolute atomic E-state index is 4.53. The monoisotopic (exact) mass is 376 g/mol. The molecule has 0 bridgehead atoms. The predicted octanol–water partition coefficient (Wildman–Crippen LogP) is 4.12. The second-order valence-electron chi connectivity index (χ2n) is 3.69. The van der Waals surface area contributed by atoms with Crippen LogP contribution in [0.25, 0.3) is 10.9 Å². The molecule has 0 radical (unpaired) electrons. The lowest BCUT2D eigenvalue weighted by molar-refractivity contribution is 0.779. The molecular weight excluding hydrogens is 367 g/mol. The summed E-state index contributed by atoms with van der Waals surface area (Å²) < 4.78 is 2.08. The summed E-state index contributed by atoms with van der Waals surface area (Å²) in [6.07, 6.45) is 0. The summed E-state index contributed by atoms with van der Waals surface area (Å²) in [7, 11) is 0. The van der Waals surface area contributed by atoms with Gasteiger partial charge in [-0.1, -0.05) is 13.8 Å². The number of fused-ring (bicyclic) bond motifs is 1. The molecule has 2 rings (SSSR count). The fourth-order valence-electron chi connectivity index (χ4n) is 1.34. The Kier molecular flexibility index (Phi) is 3.25. The van der Waals surface area contributed by atoms with Crippen molar-refractivity contribution in [1.82, 2.24) is 9.97 Å². The molecule has 15 heavy (non-hydrogen) atoms. The van der Waals surface area contributed by atoms with Gasteiger partial charge in [0.1, 0.15) is 10.4 Å². The van der Waals surface area contributed by atoms with Crippen molar-refractivity contribution in [2.45, 2.75) is 19.8 Å². The Labute approximate surface area is 111 Å². The van der Waals surface area contributed by atoms with Gasteiger partial charge >= 0.3 is 0 Å². The number of rotatable bonds is 1. The molecular formula is C11H10BrIN2. The summed E-state index contributed by atoms with van der Waals surface area (Å²) >= 11 is 5.79. The molecule has 4 heteroatoms. The lowest BCUT2D eigenvalue weighted by Crippen LogP contribution is -1.98. The van der Waals surface area contributed by atoms with E-state index >= 15 is 0 Å². The third kappa shape index (κ3) is 2.30. The Bertz CT molecular complexity index is 511. The normalized spacial score (nSPS) is 11.3. The average molecular weight is 377 g/mol. The molecule has 0 unspecified atom stereocenters. The van der Waals surface area contributed by atoms with Gasteiger partial charge in [-0.3, -0.25) is 0 Å². The second-order valence-corrected chi connectivity index (χ2v) is 5.69. The summed E-state index contributed by atoms with van der Waals surface area (Å²) in [5.74, 6) is 1.24. The zero-order chi connectivity index (χ0) is 11.0. The molecule has 1 heterocycles. The molecule has 0 saturated carbocycles. The van der Waals surface area contributed by atoms with Crippen molar-refractivity contribution in [3.63, 3.8) is 0 Å². The van der Waals surface area contributed by atoms with Crippen LogP contribution in [0.1, 0.15) is 25.6 Å². The summed E-state index contributed by atoms with van der Waals surface area (Å²) in [4.78, 5) is 8.98. The van der Waals surface area contributed by atoms with Crippen LogP contribution in [0.2, 0.25) is 0 Å². The van der Waals surface area contributed by atoms with Gasteiger partial charge in [0.05, 0.1) is 5.52 Å². The molecule has 2 nitrogen and oxygen atoms in total. The maximum Gasteiger partial charge on any atom is 0.132 e. The molecule has 0 spiro atoms. The van der Waals surface area contributed by atoms with Crippen molar-refractivity contribution in [2.75, 3.05) is 0 Å². The molecule has 0 aliphatic carbocycles. The zero-order valence-electron chi connectivity index (χ0n) is 8.46. The third-order valence-corrected chi connectivity index (χ3v) is 3.42. The summed E-state index contributed by atoms with van der Waals surface area (Å²) in [5.41, 5.74) is 1.00. The van der Waals surface area contributed by atoms with E-state index in [1.165, 1.54) is 3.57 Å². The standard InChI is InChI=1S/C11H10BrIN2/c1-6(2)11-14-9-4-3-7(13)5-8(9)10(12)15-11/h3-6H,1-2H3. The number of hydrogen-bond acceptors (Lipinski definition) is 2. The third-order valence-electron chi connectivity index (χ3n) is 2.14. The summed E-state index contributed by atoms with van der Waals surface area (Å²) in [5, 5.41) is 1.08. The smallest absolute Gasteiger partial charge is 0.132 e. The first-order valence-electron chi connectivity index (χ1n) is 4.70. The van der Waals surface area contributed by atoms with Crippen LogP contribution in [-0.4, -0.2) is 9.97 Å². The van der Waals surface area contributed by atoms with Gasteiger partial charge in [-0.15, -0.1) is 0 Å². The minimum atomic E-state index is 0.352. The van der Waals surface area contributed by atoms with E-state index in [4.69, 9.17) is 0 Å². The van der Waals surface area contributed by atoms with Crippen LogP contribution in [0.4, 0.5) is 0 Å². The van der Waals surface area contributed by atoms with E-state index in [1.54, 1.807) is 0 Å². The van der Waals surface area contributed by atoms with Gasteiger partial charge in [0.25, 0.3) is 0 Å². The molecule has 1 aromatic carbocycles. The summed E-state index contributed by atoms with van der Waals surface area (Å²) in [6.45, 7) is 4.20. The molecule has 0 fully saturated rings. The first kappa shape index (κ1) is 11.3. The van der Waals surface area contributed by atoms with Gasteiger partial charge in [-0.25, -0.2) is 9.97 Å². The van der Waals surface area contributed by atoms with Crippen LogP contribution in [0.15, 0.2) is 22.8 Å². The Hall–Kier alpha value is -0.230. The van der Waals surface area contributed by atoms with Crippen LogP contribution in [0, 0.1) is 3.57 Å². The van der Waals surface area contributed by atoms with E-state index < -0.39 is 0 Å². The van der Waals surface area contributed by atoms with Crippen LogP contribution in [0.5, 0.6) is 0 Å². The number of hydrogen-bond donors (Lipinski definition) is 0. The molecule has 1 aromatic heterocycles. The molecule has 0 amide bonds. The highest BCUT2D eigenvalue weighted by Gasteiger charge is 2.08. The molecule has 78 valence electrons. The number of aromatic nitrogens is 2. The van der Waals surface area contributed by atoms with Crippen molar-refractivity contribution >= 4 is 49.4 Å². The van der Waals surface area contributed by atoms with E-state index in [0.29, 0.717) is 5.92 Å². The minimum absolute atomic E-state index is 0.352. The maximum atomic E-state index is 4.53. The molecule has 0 aliphatic heterocycles. The lowest BCUT2D eigenvalue weighted by Gasteiger charge is -2.07. The van der Waals surface area contributed by atoms with Crippen molar-refractivity contribution in [3.8, 4) is 0 Å². The minimum Gasteiger partial charge on any atom is -0.233 e. The molecule has 0 saturated heterocycles.